The minimum absolute atomic E-state index is 0.0252. The van der Waals surface area contributed by atoms with E-state index in [0.717, 1.165) is 0 Å². The maximum atomic E-state index is 11.7. The van der Waals surface area contributed by atoms with E-state index in [-0.39, 0.29) is 6.42 Å². The van der Waals surface area contributed by atoms with E-state index in [2.05, 4.69) is 11.3 Å². The summed E-state index contributed by atoms with van der Waals surface area (Å²) in [7, 11) is 1.29. The van der Waals surface area contributed by atoms with Crippen LogP contribution in [0, 0.1) is 5.92 Å². The molecule has 1 atom stereocenters. The van der Waals surface area contributed by atoms with Crippen molar-refractivity contribution in [3.05, 3.63) is 12.7 Å². The first-order valence-corrected chi connectivity index (χ1v) is 5.20. The van der Waals surface area contributed by atoms with Crippen LogP contribution in [0.15, 0.2) is 12.7 Å². The molecule has 16 heavy (non-hydrogen) atoms. The monoisotopic (exact) mass is 228 g/mol. The van der Waals surface area contributed by atoms with Crippen LogP contribution < -0.4 is 0 Å². The second-order valence-corrected chi connectivity index (χ2v) is 4.54. The van der Waals surface area contributed by atoms with Crippen LogP contribution >= 0.6 is 0 Å². The van der Waals surface area contributed by atoms with Crippen LogP contribution in [0.5, 0.6) is 0 Å². The van der Waals surface area contributed by atoms with E-state index in [1.807, 2.05) is 0 Å². The van der Waals surface area contributed by atoms with Gasteiger partial charge in [0, 0.05) is 0 Å². The predicted octanol–water partition coefficient (Wildman–Crippen LogP) is 2.08. The molecule has 0 aliphatic carbocycles. The molecule has 0 aromatic rings. The minimum atomic E-state index is -0.549. The van der Waals surface area contributed by atoms with Gasteiger partial charge in [-0.05, 0) is 27.2 Å². The molecule has 0 aromatic heterocycles. The second-order valence-electron chi connectivity index (χ2n) is 4.54. The number of allylic oxidation sites excluding steroid dienone is 1. The van der Waals surface area contributed by atoms with Gasteiger partial charge < -0.3 is 9.47 Å². The van der Waals surface area contributed by atoms with Crippen LogP contribution in [0.25, 0.3) is 0 Å². The van der Waals surface area contributed by atoms with E-state index in [9.17, 15) is 9.59 Å². The molecule has 0 N–H and O–H groups in total. The fourth-order valence-corrected chi connectivity index (χ4v) is 1.13. The van der Waals surface area contributed by atoms with Crippen molar-refractivity contribution in [2.24, 2.45) is 5.92 Å². The summed E-state index contributed by atoms with van der Waals surface area (Å²) in [6.45, 7) is 8.91. The molecule has 0 radical (unpaired) electrons. The molecule has 4 nitrogen and oxygen atoms in total. The fourth-order valence-electron chi connectivity index (χ4n) is 1.13. The minimum Gasteiger partial charge on any atom is -0.469 e. The molecule has 0 saturated heterocycles. The summed E-state index contributed by atoms with van der Waals surface area (Å²) in [5.74, 6) is -1.32. The Hall–Kier alpha value is -1.32. The van der Waals surface area contributed by atoms with Crippen molar-refractivity contribution >= 4 is 11.9 Å². The third-order valence-electron chi connectivity index (χ3n) is 1.83. The van der Waals surface area contributed by atoms with Crippen molar-refractivity contribution in [2.75, 3.05) is 7.11 Å². The highest BCUT2D eigenvalue weighted by Gasteiger charge is 2.26. The number of methoxy groups -OCH3 is 1. The van der Waals surface area contributed by atoms with Gasteiger partial charge in [0.15, 0.2) is 0 Å². The first-order valence-electron chi connectivity index (χ1n) is 5.20. The summed E-state index contributed by atoms with van der Waals surface area (Å²) in [4.78, 5) is 22.8. The number of hydrogen-bond acceptors (Lipinski definition) is 4. The van der Waals surface area contributed by atoms with Gasteiger partial charge in [-0.15, -0.1) is 6.58 Å². The van der Waals surface area contributed by atoms with Gasteiger partial charge in [-0.3, -0.25) is 9.59 Å². The third kappa shape index (κ3) is 6.22. The van der Waals surface area contributed by atoms with E-state index in [1.165, 1.54) is 7.11 Å². The molecule has 92 valence electrons. The summed E-state index contributed by atoms with van der Waals surface area (Å²) in [6, 6.07) is 0. The smallest absolute Gasteiger partial charge is 0.310 e. The molecule has 0 fully saturated rings. The molecule has 0 spiro atoms. The standard InChI is InChI=1S/C12H20O4/c1-6-7-9(8-10(13)15-5)11(14)16-12(2,3)4/h6,9H,1,7-8H2,2-5H3. The molecule has 0 amide bonds. The Kier molecular flexibility index (Phi) is 5.78. The van der Waals surface area contributed by atoms with Gasteiger partial charge in [0.05, 0.1) is 19.4 Å². The van der Waals surface area contributed by atoms with E-state index in [4.69, 9.17) is 4.74 Å². The first-order chi connectivity index (χ1) is 7.30. The lowest BCUT2D eigenvalue weighted by Gasteiger charge is -2.23. The highest BCUT2D eigenvalue weighted by molar-refractivity contribution is 5.80. The molecule has 4 heteroatoms. The first kappa shape index (κ1) is 14.7. The lowest BCUT2D eigenvalue weighted by atomic mass is 10.0. The second kappa shape index (κ2) is 6.30. The fraction of sp³-hybridized carbons (Fsp3) is 0.667. The molecular weight excluding hydrogens is 208 g/mol. The molecule has 0 aromatic carbocycles. The van der Waals surface area contributed by atoms with Crippen molar-refractivity contribution < 1.29 is 19.1 Å². The number of ether oxygens (including phenoxy) is 2. The van der Waals surface area contributed by atoms with E-state index >= 15 is 0 Å². The SMILES string of the molecule is C=CCC(CC(=O)OC)C(=O)OC(C)(C)C. The Bertz CT molecular complexity index is 263. The lowest BCUT2D eigenvalue weighted by Crippen LogP contribution is -2.30. The van der Waals surface area contributed by atoms with Crippen LogP contribution in [0.1, 0.15) is 33.6 Å². The Morgan fingerprint density at radius 3 is 2.31 bits per heavy atom. The molecule has 1 unspecified atom stereocenters. The van der Waals surface area contributed by atoms with Gasteiger partial charge in [-0.2, -0.15) is 0 Å². The summed E-state index contributed by atoms with van der Waals surface area (Å²) >= 11 is 0. The van der Waals surface area contributed by atoms with Crippen LogP contribution in [0.4, 0.5) is 0 Å². The largest absolute Gasteiger partial charge is 0.469 e. The summed E-state index contributed by atoms with van der Waals surface area (Å²) < 4.78 is 9.73. The molecule has 0 aliphatic heterocycles. The number of carbonyl (C=O) groups excluding carboxylic acids is 2. The average Bonchev–Trinajstić information content (AvgIpc) is 2.14. The zero-order valence-electron chi connectivity index (χ0n) is 10.4. The maximum absolute atomic E-state index is 11.7. The lowest BCUT2D eigenvalue weighted by molar-refractivity contribution is -0.163. The van der Waals surface area contributed by atoms with E-state index < -0.39 is 23.5 Å². The predicted molar refractivity (Wildman–Crippen MR) is 60.8 cm³/mol. The van der Waals surface area contributed by atoms with Crippen molar-refractivity contribution in [2.45, 2.75) is 39.2 Å². The van der Waals surface area contributed by atoms with Gasteiger partial charge in [0.1, 0.15) is 5.60 Å². The topological polar surface area (TPSA) is 52.6 Å². The molecule has 0 rings (SSSR count). The molecular formula is C12H20O4. The van der Waals surface area contributed by atoms with Gasteiger partial charge in [-0.25, -0.2) is 0 Å². The van der Waals surface area contributed by atoms with Crippen molar-refractivity contribution in [3.63, 3.8) is 0 Å². The van der Waals surface area contributed by atoms with Crippen molar-refractivity contribution in [1.29, 1.82) is 0 Å². The van der Waals surface area contributed by atoms with Crippen LogP contribution in [-0.2, 0) is 19.1 Å². The highest BCUT2D eigenvalue weighted by atomic mass is 16.6. The van der Waals surface area contributed by atoms with Gasteiger partial charge in [0.2, 0.25) is 0 Å². The number of hydrogen-bond donors (Lipinski definition) is 0. The normalized spacial score (nSPS) is 12.8. The van der Waals surface area contributed by atoms with Gasteiger partial charge >= 0.3 is 11.9 Å². The van der Waals surface area contributed by atoms with Crippen LogP contribution in [0.2, 0.25) is 0 Å². The molecule has 0 saturated carbocycles. The Balaban J connectivity index is 4.46. The molecule has 0 aliphatic rings. The molecule has 0 heterocycles. The average molecular weight is 228 g/mol. The Labute approximate surface area is 96.6 Å². The quantitative estimate of drug-likeness (QED) is 0.534. The Morgan fingerprint density at radius 2 is 1.94 bits per heavy atom. The van der Waals surface area contributed by atoms with Crippen LogP contribution in [-0.4, -0.2) is 24.6 Å². The maximum Gasteiger partial charge on any atom is 0.310 e. The zero-order valence-corrected chi connectivity index (χ0v) is 10.4. The summed E-state index contributed by atoms with van der Waals surface area (Å²) in [5.41, 5.74) is -0.549. The number of carbonyl (C=O) groups is 2. The highest BCUT2D eigenvalue weighted by Crippen LogP contribution is 2.17. The van der Waals surface area contributed by atoms with E-state index in [1.54, 1.807) is 26.8 Å². The Morgan fingerprint density at radius 1 is 1.38 bits per heavy atom. The number of esters is 2. The van der Waals surface area contributed by atoms with Gasteiger partial charge in [-0.1, -0.05) is 6.08 Å². The van der Waals surface area contributed by atoms with Crippen molar-refractivity contribution in [1.82, 2.24) is 0 Å². The summed E-state index contributed by atoms with van der Waals surface area (Å²) in [6.07, 6.45) is 2.03. The summed E-state index contributed by atoms with van der Waals surface area (Å²) in [5, 5.41) is 0. The number of rotatable bonds is 5. The third-order valence-corrected chi connectivity index (χ3v) is 1.83. The zero-order chi connectivity index (χ0) is 12.8. The molecule has 0 bridgehead atoms. The van der Waals surface area contributed by atoms with E-state index in [0.29, 0.717) is 6.42 Å². The van der Waals surface area contributed by atoms with Crippen molar-refractivity contribution in [3.8, 4) is 0 Å². The van der Waals surface area contributed by atoms with Gasteiger partial charge in [0.25, 0.3) is 0 Å². The van der Waals surface area contributed by atoms with Crippen LogP contribution in [0.3, 0.4) is 0 Å².